The maximum Gasteiger partial charge on any atom is 0.0541 e. The van der Waals surface area contributed by atoms with Gasteiger partial charge in [-0.1, -0.05) is 127 Å². The van der Waals surface area contributed by atoms with Crippen molar-refractivity contribution in [2.75, 3.05) is 0 Å². The van der Waals surface area contributed by atoms with Gasteiger partial charge in [0.15, 0.2) is 0 Å². The first kappa shape index (κ1) is 28.2. The van der Waals surface area contributed by atoms with E-state index >= 15 is 0 Å². The Morgan fingerprint density at radius 3 is 1.53 bits per heavy atom. The second-order valence-corrected chi connectivity index (χ2v) is 13.7. The molecule has 10 aromatic rings. The molecule has 0 amide bonds. The molecule has 1 aliphatic rings. The smallest absolute Gasteiger partial charge is 0.0541 e. The molecule has 238 valence electrons. The first-order chi connectivity index (χ1) is 25.3. The average Bonchev–Trinajstić information content (AvgIpc) is 3.83. The highest BCUT2D eigenvalue weighted by molar-refractivity contribution is 6.11. The lowest BCUT2D eigenvalue weighted by atomic mass is 9.88. The third-order valence-electron chi connectivity index (χ3n) is 11.0. The quantitative estimate of drug-likeness (QED) is 0.180. The molecule has 11 rings (SSSR count). The molecule has 0 saturated carbocycles. The van der Waals surface area contributed by atoms with Gasteiger partial charge < -0.3 is 9.13 Å². The van der Waals surface area contributed by atoms with Crippen LogP contribution in [0.5, 0.6) is 0 Å². The van der Waals surface area contributed by atoms with E-state index in [1.165, 1.54) is 88.2 Å². The van der Waals surface area contributed by atoms with Gasteiger partial charge in [0, 0.05) is 38.8 Å². The molecule has 0 bridgehead atoms. The van der Waals surface area contributed by atoms with Crippen molar-refractivity contribution in [3.05, 3.63) is 205 Å². The Balaban J connectivity index is 1.06. The van der Waals surface area contributed by atoms with Crippen LogP contribution in [0.1, 0.15) is 22.6 Å². The standard InChI is InChI=1S/C49H32N2/c1-2-14-35(15-3-1)50-45-23-10-8-19-39(45)43-30-33(25-27-47(43)50)32-13-12-16-36(29-32)51-46-24-11-9-20-40(46)44-31-34(26-28-48(44)51)49-41-21-6-4-17-37(41)38-18-5-7-22-42(38)49/h1-31,49H. The van der Waals surface area contributed by atoms with E-state index in [2.05, 4.69) is 197 Å². The topological polar surface area (TPSA) is 9.86 Å². The largest absolute Gasteiger partial charge is 0.309 e. The van der Waals surface area contributed by atoms with Crippen molar-refractivity contribution in [3.63, 3.8) is 0 Å². The number of hydrogen-bond donors (Lipinski definition) is 0. The summed E-state index contributed by atoms with van der Waals surface area (Å²) in [6.45, 7) is 0. The molecule has 1 aliphatic carbocycles. The van der Waals surface area contributed by atoms with Gasteiger partial charge in [0.2, 0.25) is 0 Å². The van der Waals surface area contributed by atoms with Gasteiger partial charge in [-0.25, -0.2) is 0 Å². The van der Waals surface area contributed by atoms with Gasteiger partial charge in [0.25, 0.3) is 0 Å². The third kappa shape index (κ3) is 4.17. The molecule has 0 atom stereocenters. The summed E-state index contributed by atoms with van der Waals surface area (Å²) in [4.78, 5) is 0. The van der Waals surface area contributed by atoms with E-state index < -0.39 is 0 Å². The summed E-state index contributed by atoms with van der Waals surface area (Å²) in [5.74, 6) is 0.218. The molecule has 2 nitrogen and oxygen atoms in total. The minimum atomic E-state index is 0.218. The second kappa shape index (κ2) is 10.9. The Morgan fingerprint density at radius 1 is 0.314 bits per heavy atom. The zero-order valence-corrected chi connectivity index (χ0v) is 27.9. The van der Waals surface area contributed by atoms with Crippen LogP contribution in [0.3, 0.4) is 0 Å². The highest BCUT2D eigenvalue weighted by Gasteiger charge is 2.30. The summed E-state index contributed by atoms with van der Waals surface area (Å²) in [7, 11) is 0. The van der Waals surface area contributed by atoms with Gasteiger partial charge in [-0.3, -0.25) is 0 Å². The zero-order chi connectivity index (χ0) is 33.5. The van der Waals surface area contributed by atoms with Crippen molar-refractivity contribution in [3.8, 4) is 33.6 Å². The fourth-order valence-electron chi connectivity index (χ4n) is 8.80. The average molecular weight is 649 g/mol. The predicted octanol–water partition coefficient (Wildman–Crippen LogP) is 12.7. The summed E-state index contributed by atoms with van der Waals surface area (Å²) in [5.41, 5.74) is 16.4. The molecule has 0 N–H and O–H groups in total. The Kier molecular flexibility index (Phi) is 6.05. The van der Waals surface area contributed by atoms with Crippen LogP contribution in [0.4, 0.5) is 0 Å². The summed E-state index contributed by atoms with van der Waals surface area (Å²) < 4.78 is 4.81. The molecule has 0 spiro atoms. The van der Waals surface area contributed by atoms with Gasteiger partial charge in [0.05, 0.1) is 22.1 Å². The van der Waals surface area contributed by atoms with Crippen molar-refractivity contribution in [1.82, 2.24) is 9.13 Å². The Labute approximate surface area is 296 Å². The molecule has 0 radical (unpaired) electrons. The van der Waals surface area contributed by atoms with Gasteiger partial charge in [-0.2, -0.15) is 0 Å². The van der Waals surface area contributed by atoms with Crippen LogP contribution < -0.4 is 0 Å². The number of hydrogen-bond acceptors (Lipinski definition) is 0. The lowest BCUT2D eigenvalue weighted by molar-refractivity contribution is 1.02. The fourth-order valence-corrected chi connectivity index (χ4v) is 8.80. The van der Waals surface area contributed by atoms with Crippen molar-refractivity contribution in [1.29, 1.82) is 0 Å². The Hall–Kier alpha value is -6.64. The Morgan fingerprint density at radius 2 is 0.824 bits per heavy atom. The Bertz CT molecular complexity index is 2930. The first-order valence-corrected chi connectivity index (χ1v) is 17.7. The van der Waals surface area contributed by atoms with E-state index in [-0.39, 0.29) is 5.92 Å². The molecule has 0 saturated heterocycles. The molecule has 0 unspecified atom stereocenters. The molecule has 0 fully saturated rings. The molecule has 8 aromatic carbocycles. The SMILES string of the molecule is c1ccc(-n2c3ccccc3c3cc(-c4cccc(-n5c6ccccc6c6cc(C7c8ccccc8-c8ccccc87)ccc65)c4)ccc32)cc1. The first-order valence-electron chi connectivity index (χ1n) is 17.7. The number of fused-ring (bicyclic) bond motifs is 9. The van der Waals surface area contributed by atoms with Crippen LogP contribution in [-0.2, 0) is 0 Å². The van der Waals surface area contributed by atoms with Crippen molar-refractivity contribution in [2.45, 2.75) is 5.92 Å². The second-order valence-electron chi connectivity index (χ2n) is 13.7. The maximum atomic E-state index is 2.44. The number of benzene rings is 8. The maximum absolute atomic E-state index is 2.44. The van der Waals surface area contributed by atoms with Gasteiger partial charge in [-0.15, -0.1) is 0 Å². The van der Waals surface area contributed by atoms with Crippen LogP contribution in [0.25, 0.3) is 77.2 Å². The van der Waals surface area contributed by atoms with Crippen LogP contribution in [0.15, 0.2) is 188 Å². The third-order valence-corrected chi connectivity index (χ3v) is 11.0. The summed E-state index contributed by atoms with van der Waals surface area (Å²) in [5, 5.41) is 5.08. The monoisotopic (exact) mass is 648 g/mol. The molecule has 0 aliphatic heterocycles. The van der Waals surface area contributed by atoms with Crippen molar-refractivity contribution < 1.29 is 0 Å². The summed E-state index contributed by atoms with van der Waals surface area (Å²) in [6, 6.07) is 69.1. The predicted molar refractivity (Wildman–Crippen MR) is 213 cm³/mol. The number of aromatic nitrogens is 2. The van der Waals surface area contributed by atoms with Gasteiger partial charge in [0.1, 0.15) is 0 Å². The van der Waals surface area contributed by atoms with Gasteiger partial charge >= 0.3 is 0 Å². The highest BCUT2D eigenvalue weighted by atomic mass is 15.0. The van der Waals surface area contributed by atoms with Crippen LogP contribution in [0, 0.1) is 0 Å². The number of nitrogens with zero attached hydrogens (tertiary/aromatic N) is 2. The van der Waals surface area contributed by atoms with E-state index in [1.54, 1.807) is 0 Å². The lowest BCUT2D eigenvalue weighted by Gasteiger charge is -2.15. The van der Waals surface area contributed by atoms with E-state index in [4.69, 9.17) is 0 Å². The number of rotatable bonds is 4. The van der Waals surface area contributed by atoms with E-state index in [0.717, 1.165) is 5.69 Å². The van der Waals surface area contributed by atoms with E-state index in [0.29, 0.717) is 0 Å². The molecule has 2 heteroatoms. The van der Waals surface area contributed by atoms with Crippen LogP contribution >= 0.6 is 0 Å². The van der Waals surface area contributed by atoms with Gasteiger partial charge in [-0.05, 0) is 99.6 Å². The van der Waals surface area contributed by atoms with Crippen LogP contribution in [-0.4, -0.2) is 9.13 Å². The van der Waals surface area contributed by atoms with E-state index in [1.807, 2.05) is 0 Å². The normalized spacial score (nSPS) is 12.6. The molecular formula is C49H32N2. The fraction of sp³-hybridized carbons (Fsp3) is 0.0204. The summed E-state index contributed by atoms with van der Waals surface area (Å²) >= 11 is 0. The minimum Gasteiger partial charge on any atom is -0.309 e. The molecule has 2 aromatic heterocycles. The van der Waals surface area contributed by atoms with Crippen LogP contribution in [0.2, 0.25) is 0 Å². The molecular weight excluding hydrogens is 617 g/mol. The van der Waals surface area contributed by atoms with Crippen molar-refractivity contribution >= 4 is 43.6 Å². The zero-order valence-electron chi connectivity index (χ0n) is 27.9. The summed E-state index contributed by atoms with van der Waals surface area (Å²) in [6.07, 6.45) is 0. The molecule has 51 heavy (non-hydrogen) atoms. The highest BCUT2D eigenvalue weighted by Crippen LogP contribution is 2.48. The molecule has 2 heterocycles. The number of para-hydroxylation sites is 3. The van der Waals surface area contributed by atoms with Crippen molar-refractivity contribution in [2.24, 2.45) is 0 Å². The van der Waals surface area contributed by atoms with E-state index in [9.17, 15) is 0 Å². The minimum absolute atomic E-state index is 0.218. The lowest BCUT2D eigenvalue weighted by Crippen LogP contribution is -1.99.